The first kappa shape index (κ1) is 14.0. The Morgan fingerprint density at radius 1 is 1.16 bits per heavy atom. The molecule has 0 aliphatic carbocycles. The number of hydrogen-bond acceptors (Lipinski definition) is 1. The van der Waals surface area contributed by atoms with E-state index in [0.29, 0.717) is 12.0 Å². The van der Waals surface area contributed by atoms with Gasteiger partial charge >= 0.3 is 0 Å². The van der Waals surface area contributed by atoms with Crippen LogP contribution in [-0.2, 0) is 6.42 Å². The van der Waals surface area contributed by atoms with Crippen LogP contribution < -0.4 is 0 Å². The summed E-state index contributed by atoms with van der Waals surface area (Å²) in [6, 6.07) is 10.2. The molecule has 0 aliphatic rings. The molecule has 0 spiro atoms. The van der Waals surface area contributed by atoms with Gasteiger partial charge in [-0.15, -0.1) is 0 Å². The molecule has 0 radical (unpaired) electrons. The van der Waals surface area contributed by atoms with E-state index < -0.39 is 11.9 Å². The molecule has 0 heterocycles. The van der Waals surface area contributed by atoms with Gasteiger partial charge in [0.05, 0.1) is 6.10 Å². The van der Waals surface area contributed by atoms with Gasteiger partial charge in [0.15, 0.2) is 0 Å². The lowest BCUT2D eigenvalue weighted by Gasteiger charge is -2.15. The predicted molar refractivity (Wildman–Crippen MR) is 76.0 cm³/mol. The van der Waals surface area contributed by atoms with Crippen LogP contribution in [-0.4, -0.2) is 5.11 Å². The summed E-state index contributed by atoms with van der Waals surface area (Å²) in [5.74, 6) is -0.396. The summed E-state index contributed by atoms with van der Waals surface area (Å²) in [5.41, 5.74) is 3.91. The summed E-state index contributed by atoms with van der Waals surface area (Å²) >= 11 is 5.96. The lowest BCUT2D eigenvalue weighted by Crippen LogP contribution is -2.04. The SMILES string of the molecule is Cc1ccc(C)c(CC(O)c2ccc(F)cc2Cl)c1. The van der Waals surface area contributed by atoms with E-state index in [1.54, 1.807) is 0 Å². The molecule has 0 saturated carbocycles. The molecule has 1 nitrogen and oxygen atoms in total. The van der Waals surface area contributed by atoms with Gasteiger partial charge in [0.1, 0.15) is 5.82 Å². The highest BCUT2D eigenvalue weighted by Crippen LogP contribution is 2.27. The number of rotatable bonds is 3. The Labute approximate surface area is 117 Å². The number of aliphatic hydroxyl groups is 1. The molecule has 19 heavy (non-hydrogen) atoms. The van der Waals surface area contributed by atoms with Crippen LogP contribution in [0.4, 0.5) is 4.39 Å². The van der Waals surface area contributed by atoms with Crippen LogP contribution in [0.25, 0.3) is 0 Å². The summed E-state index contributed by atoms with van der Waals surface area (Å²) in [6.45, 7) is 4.02. The van der Waals surface area contributed by atoms with Gasteiger partial charge in [-0.3, -0.25) is 0 Å². The maximum Gasteiger partial charge on any atom is 0.124 e. The summed E-state index contributed by atoms with van der Waals surface area (Å²) in [7, 11) is 0. The number of hydrogen-bond donors (Lipinski definition) is 1. The van der Waals surface area contributed by atoms with Crippen molar-refractivity contribution in [3.8, 4) is 0 Å². The van der Waals surface area contributed by atoms with E-state index in [1.165, 1.54) is 18.2 Å². The van der Waals surface area contributed by atoms with Gasteiger partial charge in [-0.25, -0.2) is 4.39 Å². The first-order chi connectivity index (χ1) is 8.97. The monoisotopic (exact) mass is 278 g/mol. The number of aryl methyl sites for hydroxylation is 2. The standard InChI is InChI=1S/C16H16ClFO/c1-10-3-4-11(2)12(7-10)8-16(19)14-6-5-13(18)9-15(14)17/h3-7,9,16,19H,8H2,1-2H3. The van der Waals surface area contributed by atoms with Crippen LogP contribution in [0.3, 0.4) is 0 Å². The fourth-order valence-electron chi connectivity index (χ4n) is 2.11. The van der Waals surface area contributed by atoms with Crippen molar-refractivity contribution in [1.29, 1.82) is 0 Å². The molecule has 0 fully saturated rings. The Bertz CT molecular complexity index is 595. The highest BCUT2D eigenvalue weighted by molar-refractivity contribution is 6.31. The van der Waals surface area contributed by atoms with E-state index in [-0.39, 0.29) is 5.02 Å². The highest BCUT2D eigenvalue weighted by atomic mass is 35.5. The first-order valence-electron chi connectivity index (χ1n) is 6.16. The smallest absolute Gasteiger partial charge is 0.124 e. The molecule has 0 bridgehead atoms. The van der Waals surface area contributed by atoms with Crippen molar-refractivity contribution in [2.24, 2.45) is 0 Å². The lowest BCUT2D eigenvalue weighted by molar-refractivity contribution is 0.178. The zero-order chi connectivity index (χ0) is 14.0. The Kier molecular flexibility index (Phi) is 4.23. The van der Waals surface area contributed by atoms with Crippen molar-refractivity contribution in [3.05, 3.63) is 69.5 Å². The van der Waals surface area contributed by atoms with Crippen molar-refractivity contribution < 1.29 is 9.50 Å². The van der Waals surface area contributed by atoms with Gasteiger partial charge in [0.2, 0.25) is 0 Å². The first-order valence-corrected chi connectivity index (χ1v) is 6.54. The van der Waals surface area contributed by atoms with Crippen molar-refractivity contribution >= 4 is 11.6 Å². The normalized spacial score (nSPS) is 12.5. The van der Waals surface area contributed by atoms with Gasteiger partial charge in [-0.05, 0) is 42.7 Å². The Hall–Kier alpha value is -1.38. The van der Waals surface area contributed by atoms with Gasteiger partial charge in [0.25, 0.3) is 0 Å². The molecule has 0 aromatic heterocycles. The van der Waals surface area contributed by atoms with E-state index in [1.807, 2.05) is 26.0 Å². The van der Waals surface area contributed by atoms with Gasteiger partial charge < -0.3 is 5.11 Å². The molecule has 0 amide bonds. The topological polar surface area (TPSA) is 20.2 Å². The second-order valence-electron chi connectivity index (χ2n) is 4.82. The molecule has 1 N–H and O–H groups in total. The summed E-state index contributed by atoms with van der Waals surface area (Å²) in [5, 5.41) is 10.5. The minimum atomic E-state index is -0.728. The van der Waals surface area contributed by atoms with E-state index in [4.69, 9.17) is 11.6 Å². The van der Waals surface area contributed by atoms with Crippen molar-refractivity contribution in [1.82, 2.24) is 0 Å². The minimum Gasteiger partial charge on any atom is -0.388 e. The van der Waals surface area contributed by atoms with Crippen LogP contribution in [0.15, 0.2) is 36.4 Å². The summed E-state index contributed by atoms with van der Waals surface area (Å²) < 4.78 is 13.0. The maximum atomic E-state index is 13.0. The average molecular weight is 279 g/mol. The van der Waals surface area contributed by atoms with Crippen molar-refractivity contribution in [2.45, 2.75) is 26.4 Å². The Morgan fingerprint density at radius 3 is 2.58 bits per heavy atom. The highest BCUT2D eigenvalue weighted by Gasteiger charge is 2.14. The molecule has 3 heteroatoms. The molecule has 0 saturated heterocycles. The second-order valence-corrected chi connectivity index (χ2v) is 5.22. The maximum absolute atomic E-state index is 13.0. The van der Waals surface area contributed by atoms with E-state index in [0.717, 1.165) is 16.7 Å². The van der Waals surface area contributed by atoms with Crippen LogP contribution >= 0.6 is 11.6 Å². The van der Waals surface area contributed by atoms with Crippen LogP contribution in [0, 0.1) is 19.7 Å². The van der Waals surface area contributed by atoms with Crippen molar-refractivity contribution in [3.63, 3.8) is 0 Å². The molecule has 2 aromatic rings. The van der Waals surface area contributed by atoms with Crippen molar-refractivity contribution in [2.75, 3.05) is 0 Å². The number of halogens is 2. The van der Waals surface area contributed by atoms with Crippen LogP contribution in [0.5, 0.6) is 0 Å². The molecule has 1 unspecified atom stereocenters. The molecule has 0 aliphatic heterocycles. The summed E-state index contributed by atoms with van der Waals surface area (Å²) in [4.78, 5) is 0. The zero-order valence-electron chi connectivity index (χ0n) is 11.0. The third kappa shape index (κ3) is 3.34. The Morgan fingerprint density at radius 2 is 1.89 bits per heavy atom. The molecular weight excluding hydrogens is 263 g/mol. The average Bonchev–Trinajstić information content (AvgIpc) is 2.33. The van der Waals surface area contributed by atoms with Crippen LogP contribution in [0.2, 0.25) is 5.02 Å². The second kappa shape index (κ2) is 5.72. The zero-order valence-corrected chi connectivity index (χ0v) is 11.7. The van der Waals surface area contributed by atoms with Gasteiger partial charge in [0, 0.05) is 11.4 Å². The predicted octanol–water partition coefficient (Wildman–Crippen LogP) is 4.37. The third-order valence-electron chi connectivity index (χ3n) is 3.24. The fourth-order valence-corrected chi connectivity index (χ4v) is 2.40. The van der Waals surface area contributed by atoms with E-state index in [2.05, 4.69) is 6.07 Å². The van der Waals surface area contributed by atoms with Gasteiger partial charge in [-0.2, -0.15) is 0 Å². The quantitative estimate of drug-likeness (QED) is 0.884. The van der Waals surface area contributed by atoms with E-state index in [9.17, 15) is 9.50 Å². The molecule has 2 rings (SSSR count). The van der Waals surface area contributed by atoms with Gasteiger partial charge in [-0.1, -0.05) is 41.4 Å². The number of benzene rings is 2. The minimum absolute atomic E-state index is 0.262. The van der Waals surface area contributed by atoms with Crippen LogP contribution in [0.1, 0.15) is 28.4 Å². The summed E-state index contributed by atoms with van der Waals surface area (Å²) in [6.07, 6.45) is -0.257. The third-order valence-corrected chi connectivity index (χ3v) is 3.57. The lowest BCUT2D eigenvalue weighted by atomic mass is 9.96. The van der Waals surface area contributed by atoms with E-state index >= 15 is 0 Å². The molecule has 1 atom stereocenters. The fraction of sp³-hybridized carbons (Fsp3) is 0.250. The number of aliphatic hydroxyl groups excluding tert-OH is 1. The Balaban J connectivity index is 2.25. The molecule has 100 valence electrons. The molecule has 2 aromatic carbocycles. The largest absolute Gasteiger partial charge is 0.388 e. The molecular formula is C16H16ClFO.